The normalized spacial score (nSPS) is 21.9. The summed E-state index contributed by atoms with van der Waals surface area (Å²) in [7, 11) is 0. The Balaban J connectivity index is 2.30. The summed E-state index contributed by atoms with van der Waals surface area (Å²) >= 11 is 5.89. The molecule has 0 spiro atoms. The van der Waals surface area contributed by atoms with Crippen molar-refractivity contribution in [1.29, 1.82) is 0 Å². The van der Waals surface area contributed by atoms with E-state index in [4.69, 9.17) is 11.6 Å². The molecule has 1 aliphatic rings. The number of pyridine rings is 1. The van der Waals surface area contributed by atoms with Crippen molar-refractivity contribution < 1.29 is 0 Å². The van der Waals surface area contributed by atoms with E-state index in [1.165, 1.54) is 5.57 Å². The van der Waals surface area contributed by atoms with Crippen molar-refractivity contribution in [2.75, 3.05) is 13.1 Å². The monoisotopic (exact) mass is 208 g/mol. The first-order valence-electron chi connectivity index (χ1n) is 4.78. The number of halogens is 1. The molecule has 14 heavy (non-hydrogen) atoms. The smallest absolute Gasteiger partial charge is 0.0595 e. The van der Waals surface area contributed by atoms with E-state index in [1.54, 1.807) is 6.20 Å². The molecule has 0 bridgehead atoms. The van der Waals surface area contributed by atoms with Gasteiger partial charge in [-0.05, 0) is 23.1 Å². The molecule has 0 amide bonds. The fourth-order valence-electron chi connectivity index (χ4n) is 1.68. The van der Waals surface area contributed by atoms with Crippen LogP contribution in [-0.2, 0) is 0 Å². The molecule has 0 aliphatic carbocycles. The predicted octanol–water partition coefficient (Wildman–Crippen LogP) is 2.36. The van der Waals surface area contributed by atoms with E-state index >= 15 is 0 Å². The Morgan fingerprint density at radius 3 is 3.07 bits per heavy atom. The number of hydrogen-bond donors (Lipinski definition) is 1. The van der Waals surface area contributed by atoms with E-state index in [0.29, 0.717) is 10.9 Å². The molecule has 1 atom stereocenters. The van der Waals surface area contributed by atoms with E-state index in [2.05, 4.69) is 23.3 Å². The van der Waals surface area contributed by atoms with Crippen LogP contribution >= 0.6 is 11.6 Å². The summed E-state index contributed by atoms with van der Waals surface area (Å²) in [6, 6.07) is 1.96. The summed E-state index contributed by atoms with van der Waals surface area (Å²) < 4.78 is 0. The highest BCUT2D eigenvalue weighted by molar-refractivity contribution is 6.30. The van der Waals surface area contributed by atoms with Crippen LogP contribution in [0.4, 0.5) is 0 Å². The zero-order valence-corrected chi connectivity index (χ0v) is 8.88. The van der Waals surface area contributed by atoms with Gasteiger partial charge in [0.1, 0.15) is 0 Å². The van der Waals surface area contributed by atoms with Crippen molar-refractivity contribution in [3.05, 3.63) is 35.1 Å². The summed E-state index contributed by atoms with van der Waals surface area (Å²) in [4.78, 5) is 4.08. The highest BCUT2D eigenvalue weighted by Crippen LogP contribution is 2.20. The van der Waals surface area contributed by atoms with Gasteiger partial charge >= 0.3 is 0 Å². The van der Waals surface area contributed by atoms with Crippen LogP contribution < -0.4 is 5.32 Å². The molecule has 0 radical (unpaired) electrons. The number of rotatable bonds is 1. The third-order valence-corrected chi connectivity index (χ3v) is 2.55. The second-order valence-electron chi connectivity index (χ2n) is 3.69. The average molecular weight is 209 g/mol. The summed E-state index contributed by atoms with van der Waals surface area (Å²) in [5.41, 5.74) is 2.41. The lowest BCUT2D eigenvalue weighted by atomic mass is 9.99. The third-order valence-electron chi connectivity index (χ3n) is 2.34. The van der Waals surface area contributed by atoms with Crippen LogP contribution in [0.2, 0.25) is 5.02 Å². The first-order valence-corrected chi connectivity index (χ1v) is 5.16. The van der Waals surface area contributed by atoms with Gasteiger partial charge < -0.3 is 5.32 Å². The summed E-state index contributed by atoms with van der Waals surface area (Å²) in [5.74, 6) is 0.581. The number of hydrogen-bond acceptors (Lipinski definition) is 2. The molecule has 74 valence electrons. The molecule has 0 aromatic carbocycles. The van der Waals surface area contributed by atoms with Crippen molar-refractivity contribution in [2.24, 2.45) is 5.92 Å². The van der Waals surface area contributed by atoms with Gasteiger partial charge in [0, 0.05) is 25.5 Å². The molecule has 3 heteroatoms. The number of nitrogens with one attached hydrogen (secondary N) is 1. The molecule has 0 saturated carbocycles. The highest BCUT2D eigenvalue weighted by atomic mass is 35.5. The van der Waals surface area contributed by atoms with Gasteiger partial charge in [-0.3, -0.25) is 4.98 Å². The largest absolute Gasteiger partial charge is 0.312 e. The van der Waals surface area contributed by atoms with Crippen molar-refractivity contribution in [3.63, 3.8) is 0 Å². The average Bonchev–Trinajstić information content (AvgIpc) is 2.18. The standard InChI is InChI=1S/C11H13ClN2/c1-8-2-9(5-13-4-8)10-3-11(12)7-14-6-10/h2-3,6-8,13H,4-5H2,1H3/t8-/m1/s1. The van der Waals surface area contributed by atoms with Gasteiger partial charge in [0.05, 0.1) is 5.02 Å². The van der Waals surface area contributed by atoms with E-state index in [0.717, 1.165) is 18.7 Å². The molecule has 0 unspecified atom stereocenters. The van der Waals surface area contributed by atoms with Crippen LogP contribution in [0.1, 0.15) is 12.5 Å². The molecule has 2 rings (SSSR count). The topological polar surface area (TPSA) is 24.9 Å². The van der Waals surface area contributed by atoms with E-state index < -0.39 is 0 Å². The molecule has 0 saturated heterocycles. The van der Waals surface area contributed by atoms with E-state index in [1.807, 2.05) is 12.3 Å². The lowest BCUT2D eigenvalue weighted by molar-refractivity contribution is 0.607. The minimum atomic E-state index is 0.581. The minimum Gasteiger partial charge on any atom is -0.312 e. The zero-order chi connectivity index (χ0) is 9.97. The Morgan fingerprint density at radius 1 is 1.50 bits per heavy atom. The molecule has 1 aliphatic heterocycles. The fourth-order valence-corrected chi connectivity index (χ4v) is 1.86. The molecule has 2 heterocycles. The summed E-state index contributed by atoms with van der Waals surface area (Å²) in [5, 5.41) is 4.06. The van der Waals surface area contributed by atoms with E-state index in [9.17, 15) is 0 Å². The number of nitrogens with zero attached hydrogens (tertiary/aromatic N) is 1. The Hall–Kier alpha value is -0.860. The maximum Gasteiger partial charge on any atom is 0.0595 e. The SMILES string of the molecule is C[C@@H]1C=C(c2cncc(Cl)c2)CNC1. The van der Waals surface area contributed by atoms with E-state index in [-0.39, 0.29) is 0 Å². The fraction of sp³-hybridized carbons (Fsp3) is 0.364. The molecular formula is C11H13ClN2. The Labute approximate surface area is 89.0 Å². The molecular weight excluding hydrogens is 196 g/mol. The zero-order valence-electron chi connectivity index (χ0n) is 8.13. The molecule has 1 aromatic rings. The third kappa shape index (κ3) is 2.14. The van der Waals surface area contributed by atoms with Gasteiger partial charge in [0.2, 0.25) is 0 Å². The predicted molar refractivity (Wildman–Crippen MR) is 59.3 cm³/mol. The van der Waals surface area contributed by atoms with Crippen LogP contribution in [0.5, 0.6) is 0 Å². The first-order chi connectivity index (χ1) is 6.75. The molecule has 1 aromatic heterocycles. The lowest BCUT2D eigenvalue weighted by Gasteiger charge is -2.19. The second kappa shape index (κ2) is 4.11. The summed E-state index contributed by atoms with van der Waals surface area (Å²) in [6.07, 6.45) is 5.80. The van der Waals surface area contributed by atoms with Crippen molar-refractivity contribution in [1.82, 2.24) is 10.3 Å². The van der Waals surface area contributed by atoms with Crippen LogP contribution in [0.25, 0.3) is 5.57 Å². The molecule has 2 nitrogen and oxygen atoms in total. The van der Waals surface area contributed by atoms with Crippen molar-refractivity contribution in [3.8, 4) is 0 Å². The van der Waals surface area contributed by atoms with Crippen molar-refractivity contribution >= 4 is 17.2 Å². The van der Waals surface area contributed by atoms with Gasteiger partial charge in [0.25, 0.3) is 0 Å². The Bertz CT molecular complexity index is 360. The van der Waals surface area contributed by atoms with Gasteiger partial charge in [-0.2, -0.15) is 0 Å². The second-order valence-corrected chi connectivity index (χ2v) is 4.13. The number of aromatic nitrogens is 1. The van der Waals surface area contributed by atoms with Gasteiger partial charge in [-0.25, -0.2) is 0 Å². The van der Waals surface area contributed by atoms with Crippen molar-refractivity contribution in [2.45, 2.75) is 6.92 Å². The maximum atomic E-state index is 5.89. The minimum absolute atomic E-state index is 0.581. The Kier molecular flexibility index (Phi) is 2.85. The quantitative estimate of drug-likeness (QED) is 0.767. The van der Waals surface area contributed by atoms with Crippen LogP contribution in [0.3, 0.4) is 0 Å². The van der Waals surface area contributed by atoms with Crippen LogP contribution in [0.15, 0.2) is 24.5 Å². The summed E-state index contributed by atoms with van der Waals surface area (Å²) in [6.45, 7) is 4.16. The first kappa shape index (κ1) is 9.69. The van der Waals surface area contributed by atoms with Crippen LogP contribution in [0, 0.1) is 5.92 Å². The maximum absolute atomic E-state index is 5.89. The van der Waals surface area contributed by atoms with Gasteiger partial charge in [-0.15, -0.1) is 0 Å². The van der Waals surface area contributed by atoms with Crippen LogP contribution in [-0.4, -0.2) is 18.1 Å². The van der Waals surface area contributed by atoms with Gasteiger partial charge in [0.15, 0.2) is 0 Å². The van der Waals surface area contributed by atoms with Gasteiger partial charge in [-0.1, -0.05) is 24.6 Å². The Morgan fingerprint density at radius 2 is 2.36 bits per heavy atom. The highest BCUT2D eigenvalue weighted by Gasteiger charge is 2.10. The lowest BCUT2D eigenvalue weighted by Crippen LogP contribution is -2.27. The molecule has 1 N–H and O–H groups in total. The molecule has 0 fully saturated rings.